The number of aryl methyl sites for hydroxylation is 1. The molecule has 0 aromatic carbocycles. The summed E-state index contributed by atoms with van der Waals surface area (Å²) >= 11 is 0. The largest absolute Gasteiger partial charge is 0.352 e. The van der Waals surface area contributed by atoms with Crippen molar-refractivity contribution in [2.45, 2.75) is 31.7 Å². The molecular formula is C19H27N5O4S. The number of pyridine rings is 1. The van der Waals surface area contributed by atoms with Crippen LogP contribution in [0.1, 0.15) is 36.3 Å². The number of rotatable bonds is 10. The summed E-state index contributed by atoms with van der Waals surface area (Å²) in [5.41, 5.74) is 1.15. The van der Waals surface area contributed by atoms with Gasteiger partial charge in [0.2, 0.25) is 15.9 Å². The number of hydrogen-bond acceptors (Lipinski definition) is 5. The van der Waals surface area contributed by atoms with E-state index in [1.807, 2.05) is 0 Å². The number of aromatic nitrogens is 2. The van der Waals surface area contributed by atoms with Crippen LogP contribution in [0.25, 0.3) is 0 Å². The average Bonchev–Trinajstić information content (AvgIpc) is 3.10. The fraction of sp³-hybridized carbons (Fsp3) is 0.421. The van der Waals surface area contributed by atoms with Gasteiger partial charge in [-0.1, -0.05) is 13.8 Å². The van der Waals surface area contributed by atoms with Crippen molar-refractivity contribution in [2.24, 2.45) is 7.05 Å². The van der Waals surface area contributed by atoms with E-state index in [4.69, 9.17) is 0 Å². The van der Waals surface area contributed by atoms with Gasteiger partial charge < -0.3 is 15.2 Å². The molecule has 0 atom stereocenters. The van der Waals surface area contributed by atoms with Crippen molar-refractivity contribution in [1.29, 1.82) is 0 Å². The van der Waals surface area contributed by atoms with Crippen LogP contribution in [0.3, 0.4) is 0 Å². The summed E-state index contributed by atoms with van der Waals surface area (Å²) in [7, 11) is -2.03. The van der Waals surface area contributed by atoms with Crippen molar-refractivity contribution in [3.63, 3.8) is 0 Å². The smallest absolute Gasteiger partial charge is 0.267 e. The lowest BCUT2D eigenvalue weighted by Gasteiger charge is -2.17. The SMILES string of the molecule is CCN(CC)S(=O)(=O)c1cc(C(=O)NCCC(=O)NCc2ccncc2)n(C)c1. The lowest BCUT2D eigenvalue weighted by molar-refractivity contribution is -0.121. The lowest BCUT2D eigenvalue weighted by atomic mass is 10.2. The molecule has 0 aliphatic carbocycles. The van der Waals surface area contributed by atoms with Crippen molar-refractivity contribution in [2.75, 3.05) is 19.6 Å². The maximum absolute atomic E-state index is 12.6. The summed E-state index contributed by atoms with van der Waals surface area (Å²) in [6, 6.07) is 4.97. The number of carbonyl (C=O) groups excluding carboxylic acids is 2. The second-order valence-electron chi connectivity index (χ2n) is 6.40. The molecule has 0 spiro atoms. The quantitative estimate of drug-likeness (QED) is 0.591. The molecule has 0 saturated heterocycles. The molecule has 2 N–H and O–H groups in total. The van der Waals surface area contributed by atoms with Crippen LogP contribution in [0, 0.1) is 0 Å². The Morgan fingerprint density at radius 3 is 2.41 bits per heavy atom. The zero-order valence-corrected chi connectivity index (χ0v) is 17.7. The third-order valence-electron chi connectivity index (χ3n) is 4.43. The van der Waals surface area contributed by atoms with Crippen LogP contribution in [0.4, 0.5) is 0 Å². The Kier molecular flexibility index (Phi) is 7.91. The second-order valence-corrected chi connectivity index (χ2v) is 8.34. The first-order chi connectivity index (χ1) is 13.8. The molecule has 0 unspecified atom stereocenters. The van der Waals surface area contributed by atoms with Gasteiger partial charge >= 0.3 is 0 Å². The standard InChI is InChI=1S/C19H27N5O4S/c1-4-24(5-2)29(27,28)16-12-17(23(3)14-16)19(26)21-11-8-18(25)22-13-15-6-9-20-10-7-15/h6-7,9-10,12,14H,4-5,8,11,13H2,1-3H3,(H,21,26)(H,22,25). The van der Waals surface area contributed by atoms with Crippen LogP contribution >= 0.6 is 0 Å². The van der Waals surface area contributed by atoms with Crippen molar-refractivity contribution < 1.29 is 18.0 Å². The van der Waals surface area contributed by atoms with Gasteiger partial charge in [-0.05, 0) is 23.8 Å². The molecule has 0 aliphatic rings. The third kappa shape index (κ3) is 5.88. The summed E-state index contributed by atoms with van der Waals surface area (Å²) in [6.07, 6.45) is 4.84. The maximum Gasteiger partial charge on any atom is 0.267 e. The highest BCUT2D eigenvalue weighted by molar-refractivity contribution is 7.89. The molecule has 2 aromatic heterocycles. The molecule has 0 fully saturated rings. The second kappa shape index (κ2) is 10.2. The first kappa shape index (κ1) is 22.6. The Morgan fingerprint density at radius 2 is 1.79 bits per heavy atom. The third-order valence-corrected chi connectivity index (χ3v) is 6.45. The molecule has 2 aromatic rings. The van der Waals surface area contributed by atoms with Gasteiger partial charge in [0.1, 0.15) is 10.6 Å². The lowest BCUT2D eigenvalue weighted by Crippen LogP contribution is -2.31. The Labute approximate surface area is 171 Å². The number of nitrogens with one attached hydrogen (secondary N) is 2. The van der Waals surface area contributed by atoms with E-state index in [2.05, 4.69) is 15.6 Å². The zero-order chi connectivity index (χ0) is 21.4. The number of amides is 2. The van der Waals surface area contributed by atoms with Gasteiger partial charge in [0.25, 0.3) is 5.91 Å². The molecule has 2 rings (SSSR count). The average molecular weight is 422 g/mol. The van der Waals surface area contributed by atoms with Crippen LogP contribution in [-0.4, -0.2) is 53.7 Å². The first-order valence-corrected chi connectivity index (χ1v) is 10.8. The molecule has 0 saturated carbocycles. The van der Waals surface area contributed by atoms with Gasteiger partial charge in [-0.15, -0.1) is 0 Å². The van der Waals surface area contributed by atoms with E-state index in [1.165, 1.54) is 21.1 Å². The van der Waals surface area contributed by atoms with Crippen LogP contribution in [0.5, 0.6) is 0 Å². The number of carbonyl (C=O) groups is 2. The van der Waals surface area contributed by atoms with Gasteiger partial charge in [0.05, 0.1) is 0 Å². The van der Waals surface area contributed by atoms with E-state index >= 15 is 0 Å². The van der Waals surface area contributed by atoms with Crippen molar-refractivity contribution in [1.82, 2.24) is 24.5 Å². The maximum atomic E-state index is 12.6. The van der Waals surface area contributed by atoms with Crippen molar-refractivity contribution in [3.8, 4) is 0 Å². The Balaban J connectivity index is 1.89. The molecule has 2 heterocycles. The number of hydrogen-bond donors (Lipinski definition) is 2. The van der Waals surface area contributed by atoms with E-state index < -0.39 is 15.9 Å². The highest BCUT2D eigenvalue weighted by Gasteiger charge is 2.25. The number of sulfonamides is 1. The first-order valence-electron chi connectivity index (χ1n) is 9.39. The minimum atomic E-state index is -3.64. The summed E-state index contributed by atoms with van der Waals surface area (Å²) in [4.78, 5) is 28.3. The van der Waals surface area contributed by atoms with Crippen LogP contribution in [0.2, 0.25) is 0 Å². The molecule has 158 valence electrons. The molecule has 10 heteroatoms. The van der Waals surface area contributed by atoms with Gasteiger partial charge in [-0.25, -0.2) is 8.42 Å². The highest BCUT2D eigenvalue weighted by Crippen LogP contribution is 2.18. The van der Waals surface area contributed by atoms with Crippen LogP contribution in [-0.2, 0) is 28.4 Å². The Morgan fingerprint density at radius 1 is 1.14 bits per heavy atom. The molecule has 29 heavy (non-hydrogen) atoms. The van der Waals surface area contributed by atoms with E-state index in [9.17, 15) is 18.0 Å². The van der Waals surface area contributed by atoms with E-state index in [1.54, 1.807) is 45.4 Å². The fourth-order valence-electron chi connectivity index (χ4n) is 2.78. The Bertz CT molecular complexity index is 937. The molecule has 2 amide bonds. The minimum absolute atomic E-state index is 0.0731. The van der Waals surface area contributed by atoms with Crippen LogP contribution in [0.15, 0.2) is 41.7 Å². The van der Waals surface area contributed by atoms with E-state index in [0.717, 1.165) is 5.56 Å². The van der Waals surface area contributed by atoms with Crippen molar-refractivity contribution in [3.05, 3.63) is 48.0 Å². The van der Waals surface area contributed by atoms with E-state index in [-0.39, 0.29) is 29.5 Å². The van der Waals surface area contributed by atoms with Gasteiger partial charge in [-0.3, -0.25) is 14.6 Å². The monoisotopic (exact) mass is 421 g/mol. The number of nitrogens with zero attached hydrogens (tertiary/aromatic N) is 3. The fourth-order valence-corrected chi connectivity index (χ4v) is 4.31. The molecular weight excluding hydrogens is 394 g/mol. The predicted octanol–water partition coefficient (Wildman–Crippen LogP) is 0.887. The topological polar surface area (TPSA) is 113 Å². The normalized spacial score (nSPS) is 11.4. The molecule has 9 nitrogen and oxygen atoms in total. The molecule has 0 bridgehead atoms. The van der Waals surface area contributed by atoms with Gasteiger partial charge in [0, 0.05) is 58.2 Å². The van der Waals surface area contributed by atoms with Gasteiger partial charge in [0.15, 0.2) is 0 Å². The summed E-state index contributed by atoms with van der Waals surface area (Å²) in [6.45, 7) is 4.76. The summed E-state index contributed by atoms with van der Waals surface area (Å²) in [5, 5.41) is 5.42. The van der Waals surface area contributed by atoms with E-state index in [0.29, 0.717) is 19.6 Å². The summed E-state index contributed by atoms with van der Waals surface area (Å²) < 4.78 is 28.0. The molecule has 0 radical (unpaired) electrons. The van der Waals surface area contributed by atoms with Crippen LogP contribution < -0.4 is 10.6 Å². The summed E-state index contributed by atoms with van der Waals surface area (Å²) in [5.74, 6) is -0.630. The molecule has 0 aliphatic heterocycles. The Hall–Kier alpha value is -2.72. The minimum Gasteiger partial charge on any atom is -0.352 e. The van der Waals surface area contributed by atoms with Crippen molar-refractivity contribution >= 4 is 21.8 Å². The van der Waals surface area contributed by atoms with Gasteiger partial charge in [-0.2, -0.15) is 4.31 Å². The highest BCUT2D eigenvalue weighted by atomic mass is 32.2. The predicted molar refractivity (Wildman–Crippen MR) is 109 cm³/mol. The zero-order valence-electron chi connectivity index (χ0n) is 16.9.